The van der Waals surface area contributed by atoms with Gasteiger partial charge in [-0.3, -0.25) is 0 Å². The number of hydrogen-bond donors (Lipinski definition) is 1. The van der Waals surface area contributed by atoms with E-state index in [4.69, 9.17) is 4.74 Å². The van der Waals surface area contributed by atoms with E-state index >= 15 is 0 Å². The molecule has 1 saturated carbocycles. The maximum Gasteiger partial charge on any atom is 0.387 e. The first-order valence-electron chi connectivity index (χ1n) is 9.45. The third-order valence-electron chi connectivity index (χ3n) is 5.66. The molecule has 1 N–H and O–H groups in total. The van der Waals surface area contributed by atoms with Crippen molar-refractivity contribution < 1.29 is 13.5 Å². The number of piperazine rings is 1. The highest BCUT2D eigenvalue weighted by Gasteiger charge is 2.40. The van der Waals surface area contributed by atoms with E-state index in [1.807, 2.05) is 30.3 Å². The van der Waals surface area contributed by atoms with E-state index in [0.717, 1.165) is 29.4 Å². The van der Waals surface area contributed by atoms with Gasteiger partial charge in [0, 0.05) is 40.6 Å². The number of fused-ring (bicyclic) bond motifs is 2. The molecule has 0 radical (unpaired) electrons. The monoisotopic (exact) mass is 360 g/mol. The molecule has 3 nitrogen and oxygen atoms in total. The van der Waals surface area contributed by atoms with Gasteiger partial charge in [-0.2, -0.15) is 8.78 Å². The van der Waals surface area contributed by atoms with Gasteiger partial charge in [-0.25, -0.2) is 0 Å². The highest BCUT2D eigenvalue weighted by molar-refractivity contribution is 5.98. The second-order valence-corrected chi connectivity index (χ2v) is 8.12. The number of alkyl halides is 2. The minimum absolute atomic E-state index is 0.0117. The van der Waals surface area contributed by atoms with E-state index < -0.39 is 6.61 Å². The summed E-state index contributed by atoms with van der Waals surface area (Å²) >= 11 is 0. The van der Waals surface area contributed by atoms with Crippen molar-refractivity contribution in [3.05, 3.63) is 36.4 Å². The molecule has 4 rings (SSSR count). The standard InChI is InChI=1S/C21H26F2N2O/c1-21(2)13-25(18-10-6-5-9-16(18)24-21)17-11-12-19(26-20(22)23)15-8-4-3-7-14(15)17/h3-4,7-8,11-12,16,18,20,24H,5-6,9-10,13H2,1-2H3/t16-,18-/m0/s1. The molecule has 1 saturated heterocycles. The molecule has 1 aliphatic heterocycles. The molecule has 0 spiro atoms. The van der Waals surface area contributed by atoms with E-state index in [1.54, 1.807) is 6.07 Å². The Bertz CT molecular complexity index is 793. The van der Waals surface area contributed by atoms with Gasteiger partial charge in [0.15, 0.2) is 0 Å². The van der Waals surface area contributed by atoms with Gasteiger partial charge in [0.2, 0.25) is 0 Å². The molecule has 1 heterocycles. The Morgan fingerprint density at radius 3 is 2.58 bits per heavy atom. The maximum absolute atomic E-state index is 12.8. The zero-order valence-corrected chi connectivity index (χ0v) is 15.3. The Kier molecular flexibility index (Phi) is 4.51. The second kappa shape index (κ2) is 6.69. The molecule has 2 aromatic carbocycles. The van der Waals surface area contributed by atoms with Crippen LogP contribution < -0.4 is 15.0 Å². The summed E-state index contributed by atoms with van der Waals surface area (Å²) in [5.74, 6) is 0.244. The third-order valence-corrected chi connectivity index (χ3v) is 5.66. The minimum Gasteiger partial charge on any atom is -0.434 e. The van der Waals surface area contributed by atoms with Gasteiger partial charge < -0.3 is 15.0 Å². The Morgan fingerprint density at radius 1 is 1.08 bits per heavy atom. The fourth-order valence-corrected chi connectivity index (χ4v) is 4.71. The van der Waals surface area contributed by atoms with Crippen molar-refractivity contribution >= 4 is 16.5 Å². The lowest BCUT2D eigenvalue weighted by Crippen LogP contribution is -2.67. The van der Waals surface area contributed by atoms with Crippen molar-refractivity contribution in [3.8, 4) is 5.75 Å². The topological polar surface area (TPSA) is 24.5 Å². The number of anilines is 1. The van der Waals surface area contributed by atoms with Crippen molar-refractivity contribution in [3.63, 3.8) is 0 Å². The van der Waals surface area contributed by atoms with Gasteiger partial charge in [-0.15, -0.1) is 0 Å². The molecule has 0 unspecified atom stereocenters. The zero-order chi connectivity index (χ0) is 18.3. The van der Waals surface area contributed by atoms with Crippen molar-refractivity contribution in [2.45, 2.75) is 63.8 Å². The van der Waals surface area contributed by atoms with E-state index in [-0.39, 0.29) is 11.3 Å². The molecule has 2 aromatic rings. The number of nitrogens with zero attached hydrogens (tertiary/aromatic N) is 1. The van der Waals surface area contributed by atoms with E-state index in [1.165, 1.54) is 19.3 Å². The largest absolute Gasteiger partial charge is 0.434 e. The summed E-state index contributed by atoms with van der Waals surface area (Å²) in [6.45, 7) is 2.56. The van der Waals surface area contributed by atoms with Gasteiger partial charge in [0.05, 0.1) is 0 Å². The number of benzene rings is 2. The average molecular weight is 360 g/mol. The molecule has 0 amide bonds. The maximum atomic E-state index is 12.8. The van der Waals surface area contributed by atoms with Crippen LogP contribution in [-0.2, 0) is 0 Å². The summed E-state index contributed by atoms with van der Waals surface area (Å²) in [5.41, 5.74) is 1.13. The molecule has 2 fully saturated rings. The summed E-state index contributed by atoms with van der Waals surface area (Å²) in [7, 11) is 0. The lowest BCUT2D eigenvalue weighted by atomic mass is 9.83. The van der Waals surface area contributed by atoms with Crippen molar-refractivity contribution in [2.24, 2.45) is 0 Å². The highest BCUT2D eigenvalue weighted by atomic mass is 19.3. The summed E-state index contributed by atoms with van der Waals surface area (Å²) < 4.78 is 30.3. The third kappa shape index (κ3) is 3.25. The van der Waals surface area contributed by atoms with Crippen molar-refractivity contribution in [1.29, 1.82) is 0 Å². The molecule has 2 aliphatic rings. The Labute approximate surface area is 153 Å². The van der Waals surface area contributed by atoms with Gasteiger partial charge >= 0.3 is 6.61 Å². The summed E-state index contributed by atoms with van der Waals surface area (Å²) in [6, 6.07) is 12.3. The van der Waals surface area contributed by atoms with Crippen LogP contribution in [0, 0.1) is 0 Å². The van der Waals surface area contributed by atoms with Crippen LogP contribution in [0.25, 0.3) is 10.8 Å². The first-order chi connectivity index (χ1) is 12.4. The molecule has 140 valence electrons. The lowest BCUT2D eigenvalue weighted by Gasteiger charge is -2.52. The highest BCUT2D eigenvalue weighted by Crippen LogP contribution is 2.39. The van der Waals surface area contributed by atoms with E-state index in [9.17, 15) is 8.78 Å². The Balaban J connectivity index is 1.80. The van der Waals surface area contributed by atoms with Crippen molar-refractivity contribution in [2.75, 3.05) is 11.4 Å². The normalized spacial score (nSPS) is 25.3. The molecule has 5 heteroatoms. The minimum atomic E-state index is -2.81. The quantitative estimate of drug-likeness (QED) is 0.839. The Hall–Kier alpha value is -1.88. The SMILES string of the molecule is CC1(C)CN(c2ccc(OC(F)F)c3ccccc23)[C@H]2CCCC[C@@H]2N1. The van der Waals surface area contributed by atoms with Crippen LogP contribution >= 0.6 is 0 Å². The summed E-state index contributed by atoms with van der Waals surface area (Å²) in [5, 5.41) is 5.54. The first-order valence-corrected chi connectivity index (χ1v) is 9.45. The van der Waals surface area contributed by atoms with Crippen molar-refractivity contribution in [1.82, 2.24) is 5.32 Å². The van der Waals surface area contributed by atoms with Crippen LogP contribution in [0.2, 0.25) is 0 Å². The number of halogens is 2. The molecular formula is C21H26F2N2O. The van der Waals surface area contributed by atoms with E-state index in [2.05, 4.69) is 24.1 Å². The van der Waals surface area contributed by atoms with Gasteiger partial charge in [0.1, 0.15) is 5.75 Å². The molecular weight excluding hydrogens is 334 g/mol. The fraction of sp³-hybridized carbons (Fsp3) is 0.524. The predicted molar refractivity (Wildman–Crippen MR) is 101 cm³/mol. The number of ether oxygens (including phenoxy) is 1. The van der Waals surface area contributed by atoms with Crippen LogP contribution in [0.3, 0.4) is 0 Å². The van der Waals surface area contributed by atoms with Crippen LogP contribution in [-0.4, -0.2) is 30.8 Å². The average Bonchev–Trinajstić information content (AvgIpc) is 2.60. The molecule has 1 aliphatic carbocycles. The number of hydrogen-bond acceptors (Lipinski definition) is 3. The van der Waals surface area contributed by atoms with Gasteiger partial charge in [-0.1, -0.05) is 37.1 Å². The molecule has 0 bridgehead atoms. The number of rotatable bonds is 3. The molecule has 26 heavy (non-hydrogen) atoms. The van der Waals surface area contributed by atoms with Crippen LogP contribution in [0.4, 0.5) is 14.5 Å². The first kappa shape index (κ1) is 17.5. The molecule has 2 atom stereocenters. The van der Waals surface area contributed by atoms with Crippen LogP contribution in [0.1, 0.15) is 39.5 Å². The Morgan fingerprint density at radius 2 is 1.81 bits per heavy atom. The number of nitrogens with one attached hydrogen (secondary N) is 1. The predicted octanol–water partition coefficient (Wildman–Crippen LogP) is 4.94. The second-order valence-electron chi connectivity index (χ2n) is 8.12. The van der Waals surface area contributed by atoms with Gasteiger partial charge in [-0.05, 0) is 38.8 Å². The smallest absolute Gasteiger partial charge is 0.387 e. The lowest BCUT2D eigenvalue weighted by molar-refractivity contribution is -0.0487. The summed E-state index contributed by atoms with van der Waals surface area (Å²) in [6.07, 6.45) is 4.86. The van der Waals surface area contributed by atoms with Gasteiger partial charge in [0.25, 0.3) is 0 Å². The van der Waals surface area contributed by atoms with Crippen LogP contribution in [0.15, 0.2) is 36.4 Å². The van der Waals surface area contributed by atoms with Crippen LogP contribution in [0.5, 0.6) is 5.75 Å². The van der Waals surface area contributed by atoms with E-state index in [0.29, 0.717) is 12.1 Å². The molecule has 0 aromatic heterocycles. The fourth-order valence-electron chi connectivity index (χ4n) is 4.71. The summed E-state index contributed by atoms with van der Waals surface area (Å²) in [4.78, 5) is 2.49. The zero-order valence-electron chi connectivity index (χ0n) is 15.3.